The topological polar surface area (TPSA) is 26.0 Å². The lowest BCUT2D eigenvalue weighted by atomic mass is 9.97. The highest BCUT2D eigenvalue weighted by Gasteiger charge is 2.42. The molecule has 1 atom stereocenters. The zero-order valence-corrected chi connectivity index (χ0v) is 8.08. The number of alkyl halides is 3. The molecule has 0 aliphatic rings. The SMILES string of the molecule is NCC(c1cc(F)c(F)c(F)c1F)C(F)(F)F. The average Bonchev–Trinajstić information content (AvgIpc) is 2.21. The molecule has 0 radical (unpaired) electrons. The predicted octanol–water partition coefficient (Wildman–Crippen LogP) is 2.85. The summed E-state index contributed by atoms with van der Waals surface area (Å²) in [5.74, 6) is -11.0. The quantitative estimate of drug-likeness (QED) is 0.494. The van der Waals surface area contributed by atoms with Crippen molar-refractivity contribution in [3.05, 3.63) is 34.9 Å². The Labute approximate surface area is 91.0 Å². The minimum absolute atomic E-state index is 0.0429. The second kappa shape index (κ2) is 4.52. The summed E-state index contributed by atoms with van der Waals surface area (Å²) in [5, 5.41) is 0. The van der Waals surface area contributed by atoms with E-state index in [1.165, 1.54) is 0 Å². The fraction of sp³-hybridized carbons (Fsp3) is 0.333. The van der Waals surface area contributed by atoms with Crippen LogP contribution in [0.5, 0.6) is 0 Å². The fourth-order valence-corrected chi connectivity index (χ4v) is 1.28. The normalized spacial score (nSPS) is 13.9. The Morgan fingerprint density at radius 1 is 1.00 bits per heavy atom. The Kier molecular flexibility index (Phi) is 3.65. The van der Waals surface area contributed by atoms with Gasteiger partial charge in [0.05, 0.1) is 5.92 Å². The molecular weight excluding hydrogens is 255 g/mol. The van der Waals surface area contributed by atoms with Gasteiger partial charge in [0, 0.05) is 12.1 Å². The van der Waals surface area contributed by atoms with E-state index < -0.39 is 47.5 Å². The molecule has 0 aliphatic carbocycles. The van der Waals surface area contributed by atoms with Gasteiger partial charge in [-0.25, -0.2) is 17.6 Å². The van der Waals surface area contributed by atoms with Crippen molar-refractivity contribution in [2.24, 2.45) is 5.73 Å². The minimum atomic E-state index is -4.98. The standard InChI is InChI=1S/C9H6F7N/c10-5-1-3(4(2-17)9(14,15)16)6(11)8(13)7(5)12/h1,4H,2,17H2. The Morgan fingerprint density at radius 3 is 1.94 bits per heavy atom. The van der Waals surface area contributed by atoms with Crippen molar-refractivity contribution in [2.45, 2.75) is 12.1 Å². The van der Waals surface area contributed by atoms with Crippen molar-refractivity contribution in [2.75, 3.05) is 6.54 Å². The molecule has 0 fully saturated rings. The number of nitrogens with two attached hydrogens (primary N) is 1. The molecule has 0 aliphatic heterocycles. The first-order chi connectivity index (χ1) is 7.70. The highest BCUT2D eigenvalue weighted by atomic mass is 19.4. The second-order valence-corrected chi connectivity index (χ2v) is 3.22. The van der Waals surface area contributed by atoms with Crippen LogP contribution in [-0.4, -0.2) is 12.7 Å². The van der Waals surface area contributed by atoms with Crippen molar-refractivity contribution in [1.29, 1.82) is 0 Å². The maximum Gasteiger partial charge on any atom is 0.397 e. The van der Waals surface area contributed by atoms with Gasteiger partial charge >= 0.3 is 6.18 Å². The summed E-state index contributed by atoms with van der Waals surface area (Å²) < 4.78 is 88.2. The van der Waals surface area contributed by atoms with Crippen LogP contribution in [0.3, 0.4) is 0 Å². The Bertz CT molecular complexity index is 426. The highest BCUT2D eigenvalue weighted by molar-refractivity contribution is 5.26. The van der Waals surface area contributed by atoms with Gasteiger partial charge in [-0.2, -0.15) is 13.2 Å². The van der Waals surface area contributed by atoms with E-state index in [2.05, 4.69) is 0 Å². The first kappa shape index (κ1) is 13.8. The second-order valence-electron chi connectivity index (χ2n) is 3.22. The van der Waals surface area contributed by atoms with Gasteiger partial charge in [-0.1, -0.05) is 0 Å². The summed E-state index contributed by atoms with van der Waals surface area (Å²) in [6.07, 6.45) is -4.98. The monoisotopic (exact) mass is 261 g/mol. The molecule has 1 aromatic carbocycles. The van der Waals surface area contributed by atoms with Gasteiger partial charge in [-0.15, -0.1) is 0 Å². The van der Waals surface area contributed by atoms with Crippen molar-refractivity contribution in [1.82, 2.24) is 0 Å². The van der Waals surface area contributed by atoms with Crippen molar-refractivity contribution in [3.8, 4) is 0 Å². The van der Waals surface area contributed by atoms with Crippen molar-refractivity contribution >= 4 is 0 Å². The van der Waals surface area contributed by atoms with Crippen molar-refractivity contribution in [3.63, 3.8) is 0 Å². The zero-order chi connectivity index (χ0) is 13.4. The number of hydrogen-bond acceptors (Lipinski definition) is 1. The summed E-state index contributed by atoms with van der Waals surface area (Å²) >= 11 is 0. The molecule has 0 heterocycles. The first-order valence-electron chi connectivity index (χ1n) is 4.29. The Hall–Kier alpha value is -1.31. The lowest BCUT2D eigenvalue weighted by Gasteiger charge is -2.19. The number of hydrogen-bond donors (Lipinski definition) is 1. The fourth-order valence-electron chi connectivity index (χ4n) is 1.28. The van der Waals surface area contributed by atoms with Crippen LogP contribution in [0.2, 0.25) is 0 Å². The van der Waals surface area contributed by atoms with E-state index in [1.807, 2.05) is 0 Å². The molecule has 0 amide bonds. The molecule has 0 aromatic heterocycles. The molecule has 0 spiro atoms. The lowest BCUT2D eigenvalue weighted by molar-refractivity contribution is -0.148. The zero-order valence-electron chi connectivity index (χ0n) is 8.08. The van der Waals surface area contributed by atoms with Gasteiger partial charge in [0.25, 0.3) is 0 Å². The summed E-state index contributed by atoms with van der Waals surface area (Å²) in [6.45, 7) is -1.11. The van der Waals surface area contributed by atoms with Crippen LogP contribution < -0.4 is 5.73 Å². The summed E-state index contributed by atoms with van der Waals surface area (Å²) in [7, 11) is 0. The summed E-state index contributed by atoms with van der Waals surface area (Å²) in [5.41, 5.74) is 3.42. The van der Waals surface area contributed by atoms with Gasteiger partial charge in [0.1, 0.15) is 0 Å². The van der Waals surface area contributed by atoms with E-state index >= 15 is 0 Å². The van der Waals surface area contributed by atoms with Crippen LogP contribution >= 0.6 is 0 Å². The van der Waals surface area contributed by atoms with Crippen LogP contribution in [0.4, 0.5) is 30.7 Å². The third-order valence-electron chi connectivity index (χ3n) is 2.14. The number of rotatable bonds is 2. The van der Waals surface area contributed by atoms with Crippen LogP contribution in [0.1, 0.15) is 11.5 Å². The molecule has 2 N–H and O–H groups in total. The first-order valence-corrected chi connectivity index (χ1v) is 4.29. The molecule has 0 saturated carbocycles. The molecule has 1 rings (SSSR count). The molecule has 0 bridgehead atoms. The van der Waals surface area contributed by atoms with Gasteiger partial charge in [0.15, 0.2) is 23.3 Å². The lowest BCUT2D eigenvalue weighted by Crippen LogP contribution is -2.29. The molecule has 0 saturated heterocycles. The minimum Gasteiger partial charge on any atom is -0.330 e. The van der Waals surface area contributed by atoms with Gasteiger partial charge in [-0.05, 0) is 6.07 Å². The van der Waals surface area contributed by atoms with Gasteiger partial charge < -0.3 is 5.73 Å². The maximum atomic E-state index is 13.1. The Morgan fingerprint density at radius 2 is 1.53 bits per heavy atom. The highest BCUT2D eigenvalue weighted by Crippen LogP contribution is 2.36. The van der Waals surface area contributed by atoms with E-state index in [-0.39, 0.29) is 6.07 Å². The summed E-state index contributed by atoms with van der Waals surface area (Å²) in [4.78, 5) is 0. The van der Waals surface area contributed by atoms with E-state index in [0.717, 1.165) is 0 Å². The molecule has 1 unspecified atom stereocenters. The van der Waals surface area contributed by atoms with E-state index in [0.29, 0.717) is 0 Å². The van der Waals surface area contributed by atoms with E-state index in [4.69, 9.17) is 5.73 Å². The van der Waals surface area contributed by atoms with Crippen LogP contribution in [0.15, 0.2) is 6.07 Å². The average molecular weight is 261 g/mol. The van der Waals surface area contributed by atoms with E-state index in [1.54, 1.807) is 0 Å². The van der Waals surface area contributed by atoms with Crippen molar-refractivity contribution < 1.29 is 30.7 Å². The van der Waals surface area contributed by atoms with Crippen LogP contribution in [-0.2, 0) is 0 Å². The third-order valence-corrected chi connectivity index (χ3v) is 2.14. The van der Waals surface area contributed by atoms with E-state index in [9.17, 15) is 30.7 Å². The van der Waals surface area contributed by atoms with Crippen LogP contribution in [0.25, 0.3) is 0 Å². The van der Waals surface area contributed by atoms with Gasteiger partial charge in [0.2, 0.25) is 0 Å². The smallest absolute Gasteiger partial charge is 0.330 e. The Balaban J connectivity index is 3.41. The maximum absolute atomic E-state index is 13.1. The van der Waals surface area contributed by atoms with Gasteiger partial charge in [-0.3, -0.25) is 0 Å². The molecule has 1 nitrogen and oxygen atoms in total. The molecular formula is C9H6F7N. The molecule has 17 heavy (non-hydrogen) atoms. The third kappa shape index (κ3) is 2.51. The number of benzene rings is 1. The predicted molar refractivity (Wildman–Crippen MR) is 44.1 cm³/mol. The summed E-state index contributed by atoms with van der Waals surface area (Å²) in [6, 6.07) is -0.0429. The molecule has 96 valence electrons. The molecule has 1 aromatic rings. The largest absolute Gasteiger partial charge is 0.397 e. The molecule has 8 heteroatoms. The van der Waals surface area contributed by atoms with Crippen LogP contribution in [0, 0.1) is 23.3 Å². The number of halogens is 7.